The number of rotatable bonds is 1. The second-order valence-electron chi connectivity index (χ2n) is 3.36. The van der Waals surface area contributed by atoms with Gasteiger partial charge in [0.2, 0.25) is 5.91 Å². The summed E-state index contributed by atoms with van der Waals surface area (Å²) in [6, 6.07) is 1.52. The zero-order valence-corrected chi connectivity index (χ0v) is 8.62. The summed E-state index contributed by atoms with van der Waals surface area (Å²) in [6.45, 7) is 0.240. The fraction of sp³-hybridized carbons (Fsp3) is 0.375. The van der Waals surface area contributed by atoms with E-state index >= 15 is 0 Å². The molecule has 2 rings (SSSR count). The average Bonchev–Trinajstić information content (AvgIpc) is 2.43. The minimum absolute atomic E-state index is 0.118. The molecule has 1 aliphatic rings. The fourth-order valence-electron chi connectivity index (χ4n) is 1.51. The Kier molecular flexibility index (Phi) is 2.41. The Bertz CT molecular complexity index is 458. The van der Waals surface area contributed by atoms with Gasteiger partial charge < -0.3 is 15.8 Å². The van der Waals surface area contributed by atoms with Gasteiger partial charge >= 0.3 is 0 Å². The number of anilines is 2. The minimum Gasteiger partial charge on any atom is -0.391 e. The molecule has 80 valence electrons. The number of aromatic amines is 1. The van der Waals surface area contributed by atoms with Crippen LogP contribution in [0.5, 0.6) is 0 Å². The number of hydrogen-bond acceptors (Lipinski definition) is 5. The third-order valence-electron chi connectivity index (χ3n) is 2.13. The Morgan fingerprint density at radius 2 is 2.47 bits per heavy atom. The molecule has 4 N–H and O–H groups in total. The SMILES string of the molecule is Nc1cc(N2CC(O)CC2=O)nc(=S)[nH]1. The van der Waals surface area contributed by atoms with Gasteiger partial charge in [-0.1, -0.05) is 0 Å². The van der Waals surface area contributed by atoms with Gasteiger partial charge in [-0.2, -0.15) is 0 Å². The first-order valence-corrected chi connectivity index (χ1v) is 4.82. The lowest BCUT2D eigenvalue weighted by molar-refractivity contribution is -0.117. The highest BCUT2D eigenvalue weighted by atomic mass is 32.1. The summed E-state index contributed by atoms with van der Waals surface area (Å²) in [5, 5.41) is 9.31. The van der Waals surface area contributed by atoms with E-state index in [0.29, 0.717) is 11.6 Å². The summed E-state index contributed by atoms with van der Waals surface area (Å²) >= 11 is 4.84. The molecule has 0 saturated carbocycles. The van der Waals surface area contributed by atoms with Crippen LogP contribution < -0.4 is 10.6 Å². The zero-order valence-electron chi connectivity index (χ0n) is 7.80. The molecule has 0 aromatic carbocycles. The number of aliphatic hydroxyl groups is 1. The van der Waals surface area contributed by atoms with Gasteiger partial charge in [-0.05, 0) is 12.2 Å². The number of H-pyrrole nitrogens is 1. The Hall–Kier alpha value is -1.47. The molecule has 6 nitrogen and oxygen atoms in total. The van der Waals surface area contributed by atoms with E-state index in [-0.39, 0.29) is 23.6 Å². The smallest absolute Gasteiger partial charge is 0.230 e. The number of carbonyl (C=O) groups is 1. The van der Waals surface area contributed by atoms with Crippen LogP contribution >= 0.6 is 12.2 Å². The standard InChI is InChI=1S/C8H10N4O2S/c9-5-2-6(11-8(15)10-5)12-3-4(13)1-7(12)14/h2,4,13H,1,3H2,(H3,9,10,11,15). The van der Waals surface area contributed by atoms with Gasteiger partial charge in [0.1, 0.15) is 11.6 Å². The van der Waals surface area contributed by atoms with Crippen LogP contribution in [0.1, 0.15) is 6.42 Å². The van der Waals surface area contributed by atoms with Crippen molar-refractivity contribution in [2.75, 3.05) is 17.2 Å². The van der Waals surface area contributed by atoms with E-state index in [9.17, 15) is 9.90 Å². The van der Waals surface area contributed by atoms with E-state index in [1.165, 1.54) is 11.0 Å². The van der Waals surface area contributed by atoms with Crippen molar-refractivity contribution in [3.8, 4) is 0 Å². The Balaban J connectivity index is 2.37. The van der Waals surface area contributed by atoms with E-state index in [4.69, 9.17) is 18.0 Å². The molecule has 1 aromatic rings. The van der Waals surface area contributed by atoms with E-state index in [1.807, 2.05) is 0 Å². The molecule has 1 fully saturated rings. The topological polar surface area (TPSA) is 95.2 Å². The summed E-state index contributed by atoms with van der Waals surface area (Å²) < 4.78 is 0.221. The lowest BCUT2D eigenvalue weighted by atomic mass is 10.3. The zero-order chi connectivity index (χ0) is 11.0. The van der Waals surface area contributed by atoms with Crippen molar-refractivity contribution in [3.63, 3.8) is 0 Å². The summed E-state index contributed by atoms with van der Waals surface area (Å²) in [7, 11) is 0. The van der Waals surface area contributed by atoms with Crippen LogP contribution in [0, 0.1) is 4.77 Å². The molecule has 15 heavy (non-hydrogen) atoms. The third-order valence-corrected chi connectivity index (χ3v) is 2.33. The van der Waals surface area contributed by atoms with Gasteiger partial charge in [-0.15, -0.1) is 0 Å². The van der Waals surface area contributed by atoms with E-state index < -0.39 is 6.10 Å². The molecule has 0 bridgehead atoms. The van der Waals surface area contributed by atoms with E-state index in [1.54, 1.807) is 0 Å². The van der Waals surface area contributed by atoms with Crippen LogP contribution in [0.2, 0.25) is 0 Å². The number of β-amino-alcohol motifs (C(OH)–C–C–N with tert-alkyl or cyclic N) is 1. The molecular formula is C8H10N4O2S. The number of nitrogens with zero attached hydrogens (tertiary/aromatic N) is 2. The number of nitrogens with one attached hydrogen (secondary N) is 1. The predicted octanol–water partition coefficient (Wildman–Crippen LogP) is -0.181. The van der Waals surface area contributed by atoms with Gasteiger partial charge in [-0.3, -0.25) is 9.69 Å². The molecule has 7 heteroatoms. The molecule has 1 aliphatic heterocycles. The molecule has 2 heterocycles. The maximum absolute atomic E-state index is 11.4. The minimum atomic E-state index is -0.640. The number of aliphatic hydroxyl groups excluding tert-OH is 1. The number of nitrogens with two attached hydrogens (primary N) is 1. The highest BCUT2D eigenvalue weighted by molar-refractivity contribution is 7.71. The summed E-state index contributed by atoms with van der Waals surface area (Å²) in [4.78, 5) is 19.4. The number of aromatic nitrogens is 2. The first kappa shape index (κ1) is 10.1. The average molecular weight is 226 g/mol. The number of hydrogen-bond donors (Lipinski definition) is 3. The van der Waals surface area contributed by atoms with Crippen molar-refractivity contribution < 1.29 is 9.90 Å². The number of carbonyl (C=O) groups excluding carboxylic acids is 1. The molecule has 1 aromatic heterocycles. The van der Waals surface area contributed by atoms with Gasteiger partial charge in [-0.25, -0.2) is 4.98 Å². The Morgan fingerprint density at radius 1 is 1.73 bits per heavy atom. The van der Waals surface area contributed by atoms with Crippen molar-refractivity contribution in [2.24, 2.45) is 0 Å². The van der Waals surface area contributed by atoms with Crippen molar-refractivity contribution in [2.45, 2.75) is 12.5 Å². The number of nitrogen functional groups attached to an aromatic ring is 1. The van der Waals surface area contributed by atoms with Crippen LogP contribution in [-0.2, 0) is 4.79 Å². The molecule has 0 aliphatic carbocycles. The van der Waals surface area contributed by atoms with Crippen LogP contribution in [0.15, 0.2) is 6.07 Å². The first-order valence-electron chi connectivity index (χ1n) is 4.41. The second-order valence-corrected chi connectivity index (χ2v) is 3.75. The van der Waals surface area contributed by atoms with Gasteiger partial charge in [0.25, 0.3) is 0 Å². The van der Waals surface area contributed by atoms with Gasteiger partial charge in [0, 0.05) is 6.07 Å². The maximum atomic E-state index is 11.4. The molecule has 1 atom stereocenters. The molecular weight excluding hydrogens is 216 g/mol. The summed E-state index contributed by atoms with van der Waals surface area (Å²) in [6.07, 6.45) is -0.522. The summed E-state index contributed by atoms with van der Waals surface area (Å²) in [5.74, 6) is 0.562. The van der Waals surface area contributed by atoms with Gasteiger partial charge in [0.15, 0.2) is 4.77 Å². The maximum Gasteiger partial charge on any atom is 0.230 e. The lowest BCUT2D eigenvalue weighted by Crippen LogP contribution is -2.26. The highest BCUT2D eigenvalue weighted by Gasteiger charge is 2.30. The quantitative estimate of drug-likeness (QED) is 0.577. The second kappa shape index (κ2) is 3.59. The number of amides is 1. The highest BCUT2D eigenvalue weighted by Crippen LogP contribution is 2.20. The van der Waals surface area contributed by atoms with Crippen molar-refractivity contribution in [3.05, 3.63) is 10.8 Å². The largest absolute Gasteiger partial charge is 0.391 e. The van der Waals surface area contributed by atoms with E-state index in [0.717, 1.165) is 0 Å². The fourth-order valence-corrected chi connectivity index (χ4v) is 1.72. The van der Waals surface area contributed by atoms with Crippen molar-refractivity contribution >= 4 is 29.8 Å². The monoisotopic (exact) mass is 226 g/mol. The lowest BCUT2D eigenvalue weighted by Gasteiger charge is -2.14. The van der Waals surface area contributed by atoms with Crippen LogP contribution in [-0.4, -0.2) is 33.6 Å². The Labute approximate surface area is 90.7 Å². The first-order chi connectivity index (χ1) is 7.06. The molecule has 0 spiro atoms. The molecule has 0 radical (unpaired) electrons. The Morgan fingerprint density at radius 3 is 3.00 bits per heavy atom. The third kappa shape index (κ3) is 1.97. The predicted molar refractivity (Wildman–Crippen MR) is 56.8 cm³/mol. The van der Waals surface area contributed by atoms with Crippen LogP contribution in [0.25, 0.3) is 0 Å². The molecule has 1 saturated heterocycles. The van der Waals surface area contributed by atoms with E-state index in [2.05, 4.69) is 9.97 Å². The molecule has 1 amide bonds. The molecule has 1 unspecified atom stereocenters. The van der Waals surface area contributed by atoms with Crippen LogP contribution in [0.3, 0.4) is 0 Å². The normalized spacial score (nSPS) is 21.0. The van der Waals surface area contributed by atoms with Gasteiger partial charge in [0.05, 0.1) is 19.1 Å². The summed E-state index contributed by atoms with van der Waals surface area (Å²) in [5.41, 5.74) is 5.54. The van der Waals surface area contributed by atoms with Crippen LogP contribution in [0.4, 0.5) is 11.6 Å². The van der Waals surface area contributed by atoms with Crippen molar-refractivity contribution in [1.82, 2.24) is 9.97 Å². The van der Waals surface area contributed by atoms with Crippen molar-refractivity contribution in [1.29, 1.82) is 0 Å².